The highest BCUT2D eigenvalue weighted by Crippen LogP contribution is 2.36. The Balaban J connectivity index is 1.41. The van der Waals surface area contributed by atoms with Crippen LogP contribution in [0.4, 0.5) is 11.4 Å². The summed E-state index contributed by atoms with van der Waals surface area (Å²) >= 11 is 0. The van der Waals surface area contributed by atoms with Gasteiger partial charge < -0.3 is 20.9 Å². The van der Waals surface area contributed by atoms with Crippen molar-refractivity contribution in [3.05, 3.63) is 83.4 Å². The molecule has 2 aliphatic rings. The van der Waals surface area contributed by atoms with Gasteiger partial charge in [0.2, 0.25) is 5.91 Å². The number of anilines is 2. The molecule has 0 spiro atoms. The smallest absolute Gasteiger partial charge is 0.255 e. The van der Waals surface area contributed by atoms with Gasteiger partial charge in [-0.1, -0.05) is 37.6 Å². The number of amides is 2. The third-order valence-corrected chi connectivity index (χ3v) is 8.78. The number of carbonyl (C=O) groups is 2. The van der Waals surface area contributed by atoms with Gasteiger partial charge in [-0.05, 0) is 104 Å². The van der Waals surface area contributed by atoms with Gasteiger partial charge in [0.05, 0.1) is 23.0 Å². The fourth-order valence-electron chi connectivity index (χ4n) is 5.97. The first kappa shape index (κ1) is 30.3. The van der Waals surface area contributed by atoms with Gasteiger partial charge in [-0.25, -0.2) is 0 Å². The SMILES string of the molecule is CCCCN(C)c1ccc(-c2cccc(CN(C(=O)C3CC3)C3CCC(N)CC3)c2)cc1NC(=O)c1ccc(C#N)cc1. The van der Waals surface area contributed by atoms with Crippen molar-refractivity contribution in [1.82, 2.24) is 4.90 Å². The minimum atomic E-state index is -0.220. The summed E-state index contributed by atoms with van der Waals surface area (Å²) in [4.78, 5) is 30.9. The lowest BCUT2D eigenvalue weighted by atomic mass is 9.90. The second-order valence-electron chi connectivity index (χ2n) is 12.2. The summed E-state index contributed by atoms with van der Waals surface area (Å²) in [5, 5.41) is 12.3. The van der Waals surface area contributed by atoms with Gasteiger partial charge in [0, 0.05) is 43.7 Å². The largest absolute Gasteiger partial charge is 0.373 e. The van der Waals surface area contributed by atoms with Gasteiger partial charge in [0.25, 0.3) is 5.91 Å². The number of nitriles is 1. The monoisotopic (exact) mass is 577 g/mol. The van der Waals surface area contributed by atoms with E-state index in [9.17, 15) is 9.59 Å². The van der Waals surface area contributed by atoms with Crippen LogP contribution in [0.2, 0.25) is 0 Å². The van der Waals surface area contributed by atoms with Crippen LogP contribution in [0.25, 0.3) is 11.1 Å². The summed E-state index contributed by atoms with van der Waals surface area (Å²) in [6.07, 6.45) is 7.99. The fraction of sp³-hybridized carbons (Fsp3) is 0.417. The van der Waals surface area contributed by atoms with Gasteiger partial charge >= 0.3 is 0 Å². The zero-order valence-corrected chi connectivity index (χ0v) is 25.4. The molecule has 0 bridgehead atoms. The van der Waals surface area contributed by atoms with Crippen LogP contribution < -0.4 is 16.0 Å². The van der Waals surface area contributed by atoms with E-state index in [-0.39, 0.29) is 29.8 Å². The molecule has 0 saturated heterocycles. The van der Waals surface area contributed by atoms with E-state index in [4.69, 9.17) is 11.0 Å². The summed E-state index contributed by atoms with van der Waals surface area (Å²) in [6.45, 7) is 3.64. The molecule has 0 unspecified atom stereocenters. The number of nitrogens with zero attached hydrogens (tertiary/aromatic N) is 3. The predicted molar refractivity (Wildman–Crippen MR) is 173 cm³/mol. The van der Waals surface area contributed by atoms with E-state index in [1.807, 2.05) is 13.1 Å². The molecule has 2 amide bonds. The third kappa shape index (κ3) is 7.63. The Morgan fingerprint density at radius 2 is 1.67 bits per heavy atom. The minimum Gasteiger partial charge on any atom is -0.373 e. The Hall–Kier alpha value is -4.15. The zero-order chi connectivity index (χ0) is 30.3. The second kappa shape index (κ2) is 13.9. The maximum atomic E-state index is 13.4. The molecule has 43 heavy (non-hydrogen) atoms. The molecule has 2 aliphatic carbocycles. The number of benzene rings is 3. The Morgan fingerprint density at radius 1 is 0.953 bits per heavy atom. The standard InChI is InChI=1S/C36H43N5O2/c1-3-4-20-40(2)34-19-14-30(22-33(34)39-35(42)27-10-8-25(23-37)9-11-27)29-7-5-6-26(21-29)24-41(36(43)28-12-13-28)32-17-15-31(38)16-18-32/h5-11,14,19,21-22,28,31-32H,3-4,12-13,15-18,20,24,38H2,1-2H3,(H,39,42). The van der Waals surface area contributed by atoms with Crippen molar-refractivity contribution in [2.24, 2.45) is 11.7 Å². The minimum absolute atomic E-state index is 0.179. The van der Waals surface area contributed by atoms with Crippen LogP contribution in [0.1, 0.15) is 79.8 Å². The maximum absolute atomic E-state index is 13.4. The van der Waals surface area contributed by atoms with Crippen molar-refractivity contribution in [1.29, 1.82) is 5.26 Å². The highest BCUT2D eigenvalue weighted by molar-refractivity contribution is 6.06. The highest BCUT2D eigenvalue weighted by atomic mass is 16.2. The molecule has 3 N–H and O–H groups in total. The molecular formula is C36H43N5O2. The molecule has 7 nitrogen and oxygen atoms in total. The van der Waals surface area contributed by atoms with Crippen molar-refractivity contribution < 1.29 is 9.59 Å². The van der Waals surface area contributed by atoms with Crippen molar-refractivity contribution in [3.8, 4) is 17.2 Å². The number of carbonyl (C=O) groups excluding carboxylic acids is 2. The summed E-state index contributed by atoms with van der Waals surface area (Å²) in [5.74, 6) is 0.249. The van der Waals surface area contributed by atoms with E-state index >= 15 is 0 Å². The molecule has 7 heteroatoms. The molecule has 2 fully saturated rings. The quantitative estimate of drug-likeness (QED) is 0.263. The first-order valence-corrected chi connectivity index (χ1v) is 15.7. The molecule has 0 aliphatic heterocycles. The molecule has 3 aromatic carbocycles. The highest BCUT2D eigenvalue weighted by Gasteiger charge is 2.37. The number of unbranched alkanes of at least 4 members (excludes halogenated alkanes) is 1. The molecule has 224 valence electrons. The third-order valence-electron chi connectivity index (χ3n) is 8.78. The lowest BCUT2D eigenvalue weighted by Gasteiger charge is -2.36. The molecule has 5 rings (SSSR count). The van der Waals surface area contributed by atoms with Crippen molar-refractivity contribution in [2.75, 3.05) is 23.8 Å². The van der Waals surface area contributed by atoms with E-state index in [2.05, 4.69) is 64.5 Å². The van der Waals surface area contributed by atoms with Gasteiger partial charge in [0.15, 0.2) is 0 Å². The second-order valence-corrected chi connectivity index (χ2v) is 12.2. The molecule has 3 aromatic rings. The van der Waals surface area contributed by atoms with E-state index in [1.54, 1.807) is 24.3 Å². The van der Waals surface area contributed by atoms with Crippen LogP contribution in [0.5, 0.6) is 0 Å². The van der Waals surface area contributed by atoms with E-state index in [0.29, 0.717) is 17.7 Å². The van der Waals surface area contributed by atoms with Gasteiger partial charge in [-0.3, -0.25) is 9.59 Å². The molecule has 0 atom stereocenters. The van der Waals surface area contributed by atoms with Crippen molar-refractivity contribution >= 4 is 23.2 Å². The van der Waals surface area contributed by atoms with E-state index < -0.39 is 0 Å². The average molecular weight is 578 g/mol. The lowest BCUT2D eigenvalue weighted by Crippen LogP contribution is -2.44. The number of hydrogen-bond acceptors (Lipinski definition) is 5. The normalized spacial score (nSPS) is 18.0. The van der Waals surface area contributed by atoms with Crippen LogP contribution in [0, 0.1) is 17.2 Å². The van der Waals surface area contributed by atoms with Crippen LogP contribution in [0.3, 0.4) is 0 Å². The molecule has 2 saturated carbocycles. The first-order chi connectivity index (χ1) is 20.9. The van der Waals surface area contributed by atoms with Gasteiger partial charge in [0.1, 0.15) is 0 Å². The van der Waals surface area contributed by atoms with Crippen LogP contribution in [0.15, 0.2) is 66.7 Å². The van der Waals surface area contributed by atoms with E-state index in [1.165, 1.54) is 0 Å². The predicted octanol–water partition coefficient (Wildman–Crippen LogP) is 6.72. The molecule has 0 radical (unpaired) electrons. The van der Waals surface area contributed by atoms with Crippen LogP contribution in [-0.4, -0.2) is 42.4 Å². The van der Waals surface area contributed by atoms with Crippen molar-refractivity contribution in [3.63, 3.8) is 0 Å². The molecule has 0 heterocycles. The zero-order valence-electron chi connectivity index (χ0n) is 25.4. The number of nitrogens with two attached hydrogens (primary N) is 1. The summed E-state index contributed by atoms with van der Waals surface area (Å²) in [5.41, 5.74) is 12.0. The van der Waals surface area contributed by atoms with E-state index in [0.717, 1.165) is 86.0 Å². The van der Waals surface area contributed by atoms with Crippen molar-refractivity contribution in [2.45, 2.75) is 76.9 Å². The topological polar surface area (TPSA) is 102 Å². The van der Waals surface area contributed by atoms with Crippen LogP contribution >= 0.6 is 0 Å². The lowest BCUT2D eigenvalue weighted by molar-refractivity contribution is -0.136. The van der Waals surface area contributed by atoms with Crippen LogP contribution in [-0.2, 0) is 11.3 Å². The Bertz CT molecular complexity index is 1470. The fourth-order valence-corrected chi connectivity index (χ4v) is 5.97. The average Bonchev–Trinajstić information content (AvgIpc) is 3.89. The van der Waals surface area contributed by atoms with Gasteiger partial charge in [-0.15, -0.1) is 0 Å². The summed E-state index contributed by atoms with van der Waals surface area (Å²) in [7, 11) is 2.05. The Morgan fingerprint density at radius 3 is 2.35 bits per heavy atom. The van der Waals surface area contributed by atoms with Gasteiger partial charge in [-0.2, -0.15) is 5.26 Å². The first-order valence-electron chi connectivity index (χ1n) is 15.7. The number of hydrogen-bond donors (Lipinski definition) is 2. The maximum Gasteiger partial charge on any atom is 0.255 e. The molecule has 0 aromatic heterocycles. The number of nitrogens with one attached hydrogen (secondary N) is 1. The Kier molecular flexibility index (Phi) is 9.79. The summed E-state index contributed by atoms with van der Waals surface area (Å²) < 4.78 is 0. The summed E-state index contributed by atoms with van der Waals surface area (Å²) in [6, 6.07) is 23.9. The molecular weight excluding hydrogens is 534 g/mol. The Labute approximate surface area is 255 Å². The number of rotatable bonds is 11.